The number of nitrogens with one attached hydrogen (secondary N) is 1. The Kier molecular flexibility index (Phi) is 7.89. The van der Waals surface area contributed by atoms with E-state index in [1.54, 1.807) is 43.3 Å². The number of rotatable bonds is 7. The van der Waals surface area contributed by atoms with E-state index < -0.39 is 26.7 Å². The van der Waals surface area contributed by atoms with E-state index in [1.807, 2.05) is 0 Å². The molecule has 0 aliphatic carbocycles. The van der Waals surface area contributed by atoms with Gasteiger partial charge in [-0.3, -0.25) is 9.35 Å². The van der Waals surface area contributed by atoms with Crippen molar-refractivity contribution in [1.82, 2.24) is 0 Å². The molecular formula is C26H21Cl2N3O6S. The van der Waals surface area contributed by atoms with Gasteiger partial charge in [-0.05, 0) is 47.7 Å². The van der Waals surface area contributed by atoms with Gasteiger partial charge in [0.15, 0.2) is 5.75 Å². The zero-order valence-electron chi connectivity index (χ0n) is 20.1. The summed E-state index contributed by atoms with van der Waals surface area (Å²) >= 11 is 12.2. The van der Waals surface area contributed by atoms with Crippen LogP contribution in [0.2, 0.25) is 10.0 Å². The molecule has 0 atom stereocenters. The highest BCUT2D eigenvalue weighted by Gasteiger charge is 2.22. The van der Waals surface area contributed by atoms with Gasteiger partial charge < -0.3 is 15.2 Å². The van der Waals surface area contributed by atoms with Crippen LogP contribution in [0.1, 0.15) is 22.8 Å². The number of aromatic hydroxyl groups is 1. The maximum absolute atomic E-state index is 13.2. The van der Waals surface area contributed by atoms with Gasteiger partial charge in [-0.15, -0.1) is 10.2 Å². The fourth-order valence-corrected chi connectivity index (χ4v) is 4.98. The van der Waals surface area contributed by atoms with Crippen molar-refractivity contribution in [3.8, 4) is 11.5 Å². The van der Waals surface area contributed by atoms with Gasteiger partial charge in [0.2, 0.25) is 0 Å². The number of phenols is 1. The number of benzene rings is 4. The van der Waals surface area contributed by atoms with Crippen LogP contribution in [0.4, 0.5) is 17.1 Å². The molecule has 0 bridgehead atoms. The first-order valence-corrected chi connectivity index (χ1v) is 13.3. The fraction of sp³-hybridized carbons (Fsp3) is 0.115. The quantitative estimate of drug-likeness (QED) is 0.156. The maximum atomic E-state index is 13.2. The van der Waals surface area contributed by atoms with E-state index in [-0.39, 0.29) is 32.7 Å². The van der Waals surface area contributed by atoms with Crippen LogP contribution in [0.15, 0.2) is 75.8 Å². The van der Waals surface area contributed by atoms with E-state index in [4.69, 9.17) is 27.9 Å². The lowest BCUT2D eigenvalue weighted by atomic mass is 10.0. The topological polar surface area (TPSA) is 138 Å². The Balaban J connectivity index is 1.86. The van der Waals surface area contributed by atoms with Crippen LogP contribution in [-0.4, -0.2) is 31.1 Å². The van der Waals surface area contributed by atoms with E-state index in [2.05, 4.69) is 15.5 Å². The fourth-order valence-electron chi connectivity index (χ4n) is 3.82. The van der Waals surface area contributed by atoms with Crippen LogP contribution in [0, 0.1) is 0 Å². The molecule has 9 nitrogen and oxygen atoms in total. The summed E-state index contributed by atoms with van der Waals surface area (Å²) in [6, 6.07) is 15.6. The van der Waals surface area contributed by atoms with Crippen LogP contribution >= 0.6 is 23.2 Å². The molecule has 4 rings (SSSR count). The molecule has 0 aromatic heterocycles. The Labute approximate surface area is 228 Å². The van der Waals surface area contributed by atoms with E-state index in [0.717, 1.165) is 6.07 Å². The molecule has 0 saturated heterocycles. The largest absolute Gasteiger partial charge is 0.505 e. The van der Waals surface area contributed by atoms with Gasteiger partial charge in [0, 0.05) is 16.5 Å². The second-order valence-electron chi connectivity index (χ2n) is 8.08. The van der Waals surface area contributed by atoms with Crippen molar-refractivity contribution < 1.29 is 27.6 Å². The SMILES string of the molecule is CCc1cc(Cl)cc(S(=O)(=O)O)c1N=Nc1c(O)c(C(=O)Nc2cc(OC)ccc2Cl)cc2ccccc12. The molecule has 0 aliphatic heterocycles. The zero-order chi connectivity index (χ0) is 27.6. The summed E-state index contributed by atoms with van der Waals surface area (Å²) in [4.78, 5) is 12.7. The van der Waals surface area contributed by atoms with Crippen molar-refractivity contribution in [2.45, 2.75) is 18.2 Å². The third-order valence-corrected chi connectivity index (χ3v) is 7.10. The minimum absolute atomic E-state index is 0.0803. The first-order chi connectivity index (χ1) is 18.0. The van der Waals surface area contributed by atoms with E-state index in [1.165, 1.54) is 25.3 Å². The number of carbonyl (C=O) groups is 1. The molecule has 38 heavy (non-hydrogen) atoms. The minimum atomic E-state index is -4.70. The van der Waals surface area contributed by atoms with Gasteiger partial charge in [-0.25, -0.2) is 0 Å². The lowest BCUT2D eigenvalue weighted by Crippen LogP contribution is -2.12. The average Bonchev–Trinajstić information content (AvgIpc) is 2.88. The molecule has 0 aliphatic rings. The molecule has 0 radical (unpaired) electrons. The van der Waals surface area contributed by atoms with Crippen LogP contribution in [-0.2, 0) is 16.5 Å². The van der Waals surface area contributed by atoms with Gasteiger partial charge in [0.1, 0.15) is 22.0 Å². The van der Waals surface area contributed by atoms with Crippen molar-refractivity contribution in [3.63, 3.8) is 0 Å². The predicted octanol–water partition coefficient (Wildman–Crippen LogP) is 7.34. The number of fused-ring (bicyclic) bond motifs is 1. The molecular weight excluding hydrogens is 553 g/mol. The van der Waals surface area contributed by atoms with Gasteiger partial charge in [-0.1, -0.05) is 54.4 Å². The van der Waals surface area contributed by atoms with Crippen molar-refractivity contribution in [3.05, 3.63) is 81.8 Å². The number of methoxy groups -OCH3 is 1. The molecule has 4 aromatic rings. The van der Waals surface area contributed by atoms with E-state index in [0.29, 0.717) is 28.5 Å². The first-order valence-electron chi connectivity index (χ1n) is 11.1. The Morgan fingerprint density at radius 1 is 1.03 bits per heavy atom. The number of carbonyl (C=O) groups excluding carboxylic acids is 1. The number of aryl methyl sites for hydroxylation is 1. The minimum Gasteiger partial charge on any atom is -0.505 e. The summed E-state index contributed by atoms with van der Waals surface area (Å²) in [7, 11) is -3.23. The third kappa shape index (κ3) is 5.58. The molecule has 196 valence electrons. The van der Waals surface area contributed by atoms with E-state index >= 15 is 0 Å². The smallest absolute Gasteiger partial charge is 0.296 e. The number of phenolic OH excluding ortho intramolecular Hbond substituents is 1. The Morgan fingerprint density at radius 2 is 1.74 bits per heavy atom. The second kappa shape index (κ2) is 11.0. The highest BCUT2D eigenvalue weighted by Crippen LogP contribution is 2.41. The average molecular weight is 574 g/mol. The molecule has 1 amide bonds. The predicted molar refractivity (Wildman–Crippen MR) is 146 cm³/mol. The maximum Gasteiger partial charge on any atom is 0.296 e. The number of nitrogens with zero attached hydrogens (tertiary/aromatic N) is 2. The summed E-state index contributed by atoms with van der Waals surface area (Å²) in [6.07, 6.45) is 0.327. The normalized spacial score (nSPS) is 11.7. The molecule has 0 heterocycles. The summed E-state index contributed by atoms with van der Waals surface area (Å²) in [5.74, 6) is -0.713. The molecule has 4 aromatic carbocycles. The summed E-state index contributed by atoms with van der Waals surface area (Å²) < 4.78 is 39.0. The van der Waals surface area contributed by atoms with Crippen LogP contribution in [0.3, 0.4) is 0 Å². The molecule has 0 spiro atoms. The van der Waals surface area contributed by atoms with Gasteiger partial charge in [-0.2, -0.15) is 8.42 Å². The molecule has 0 unspecified atom stereocenters. The highest BCUT2D eigenvalue weighted by molar-refractivity contribution is 7.86. The monoisotopic (exact) mass is 573 g/mol. The standard InChI is InChI=1S/C26H21Cl2N3O6S/c1-3-14-10-16(27)12-22(38(34,35)36)23(14)30-31-24-18-7-5-4-6-15(18)11-19(25(24)32)26(33)29-21-13-17(37-2)8-9-20(21)28/h4-13,32H,3H2,1-2H3,(H,29,33)(H,34,35,36). The van der Waals surface area contributed by atoms with Crippen molar-refractivity contribution >= 4 is 67.1 Å². The van der Waals surface area contributed by atoms with Gasteiger partial charge >= 0.3 is 0 Å². The number of hydrogen-bond donors (Lipinski definition) is 3. The zero-order valence-corrected chi connectivity index (χ0v) is 22.4. The number of halogens is 2. The van der Waals surface area contributed by atoms with Crippen LogP contribution in [0.25, 0.3) is 10.8 Å². The van der Waals surface area contributed by atoms with Crippen molar-refractivity contribution in [1.29, 1.82) is 0 Å². The lowest BCUT2D eigenvalue weighted by Gasteiger charge is -2.13. The van der Waals surface area contributed by atoms with Crippen LogP contribution < -0.4 is 10.1 Å². The van der Waals surface area contributed by atoms with Crippen molar-refractivity contribution in [2.75, 3.05) is 12.4 Å². The molecule has 0 fully saturated rings. The Morgan fingerprint density at radius 3 is 2.42 bits per heavy atom. The number of azo groups is 1. The Hall–Kier alpha value is -3.70. The number of anilines is 1. The number of amides is 1. The summed E-state index contributed by atoms with van der Waals surface area (Å²) in [5, 5.41) is 23.4. The van der Waals surface area contributed by atoms with Gasteiger partial charge in [0.25, 0.3) is 16.0 Å². The second-order valence-corrected chi connectivity index (χ2v) is 10.3. The van der Waals surface area contributed by atoms with Crippen LogP contribution in [0.5, 0.6) is 11.5 Å². The van der Waals surface area contributed by atoms with Crippen molar-refractivity contribution in [2.24, 2.45) is 10.2 Å². The molecule has 0 saturated carbocycles. The summed E-state index contributed by atoms with van der Waals surface area (Å²) in [5.41, 5.74) is 0.320. The molecule has 12 heteroatoms. The van der Waals surface area contributed by atoms with Gasteiger partial charge in [0.05, 0.1) is 23.4 Å². The van der Waals surface area contributed by atoms with E-state index in [9.17, 15) is 22.9 Å². The Bertz CT molecular complexity index is 1710. The lowest BCUT2D eigenvalue weighted by molar-refractivity contribution is 0.102. The number of hydrogen-bond acceptors (Lipinski definition) is 7. The first kappa shape index (κ1) is 27.3. The molecule has 3 N–H and O–H groups in total. The number of ether oxygens (including phenoxy) is 1. The third-order valence-electron chi connectivity index (χ3n) is 5.69. The highest BCUT2D eigenvalue weighted by atomic mass is 35.5. The summed E-state index contributed by atoms with van der Waals surface area (Å²) in [6.45, 7) is 1.75.